The number of furan rings is 1. The van der Waals surface area contributed by atoms with E-state index in [1.54, 1.807) is 0 Å². The van der Waals surface area contributed by atoms with Crippen LogP contribution in [-0.4, -0.2) is 18.0 Å². The molecule has 5 heteroatoms. The highest BCUT2D eigenvalue weighted by molar-refractivity contribution is 6.00. The molecule has 21 heavy (non-hydrogen) atoms. The maximum absolute atomic E-state index is 12.2. The second-order valence-electron chi connectivity index (χ2n) is 6.13. The summed E-state index contributed by atoms with van der Waals surface area (Å²) >= 11 is 0. The standard InChI is InChI=1S/C16H22N2O2.ClH/c1-9-6-7-10(2)13-12(9)11(3)14(20-13)15(19)18-8-16(4,5)17;/h6-7H,8,17H2,1-5H3,(H,18,19);1H. The average molecular weight is 311 g/mol. The van der Waals surface area contributed by atoms with Crippen LogP contribution in [0.1, 0.15) is 41.1 Å². The third kappa shape index (κ3) is 3.57. The Labute approximate surface area is 131 Å². The number of nitrogens with one attached hydrogen (secondary N) is 1. The van der Waals surface area contributed by atoms with E-state index < -0.39 is 5.54 Å². The van der Waals surface area contributed by atoms with E-state index >= 15 is 0 Å². The van der Waals surface area contributed by atoms with Crippen molar-refractivity contribution in [3.05, 3.63) is 34.6 Å². The second-order valence-corrected chi connectivity index (χ2v) is 6.13. The molecule has 0 saturated heterocycles. The Morgan fingerprint density at radius 2 is 1.81 bits per heavy atom. The molecule has 0 aliphatic rings. The van der Waals surface area contributed by atoms with Gasteiger partial charge in [0.2, 0.25) is 0 Å². The van der Waals surface area contributed by atoms with Gasteiger partial charge in [0.1, 0.15) is 5.58 Å². The quantitative estimate of drug-likeness (QED) is 0.914. The summed E-state index contributed by atoms with van der Waals surface area (Å²) in [5.41, 5.74) is 9.26. The van der Waals surface area contributed by atoms with Crippen LogP contribution in [-0.2, 0) is 0 Å². The Balaban J connectivity index is 0.00000220. The lowest BCUT2D eigenvalue weighted by Gasteiger charge is -2.18. The summed E-state index contributed by atoms with van der Waals surface area (Å²) in [6, 6.07) is 4.05. The number of aryl methyl sites for hydroxylation is 3. The summed E-state index contributed by atoms with van der Waals surface area (Å²) in [5.74, 6) is 0.165. The fourth-order valence-electron chi connectivity index (χ4n) is 2.28. The average Bonchev–Trinajstić information content (AvgIpc) is 2.69. The molecule has 0 bridgehead atoms. The van der Waals surface area contributed by atoms with Gasteiger partial charge < -0.3 is 15.5 Å². The van der Waals surface area contributed by atoms with E-state index in [1.807, 2.05) is 46.8 Å². The van der Waals surface area contributed by atoms with E-state index in [4.69, 9.17) is 10.2 Å². The van der Waals surface area contributed by atoms with E-state index in [-0.39, 0.29) is 18.3 Å². The van der Waals surface area contributed by atoms with E-state index in [9.17, 15) is 4.79 Å². The first-order chi connectivity index (χ1) is 9.20. The molecule has 4 nitrogen and oxygen atoms in total. The predicted octanol–water partition coefficient (Wildman–Crippen LogP) is 3.25. The van der Waals surface area contributed by atoms with Crippen LogP contribution < -0.4 is 11.1 Å². The maximum atomic E-state index is 12.2. The molecular formula is C16H23ClN2O2. The van der Waals surface area contributed by atoms with Gasteiger partial charge in [0.05, 0.1) is 0 Å². The van der Waals surface area contributed by atoms with Crippen molar-refractivity contribution in [2.24, 2.45) is 5.73 Å². The number of nitrogens with two attached hydrogens (primary N) is 1. The number of hydrogen-bond donors (Lipinski definition) is 2. The number of amides is 1. The number of halogens is 1. The molecule has 0 aliphatic carbocycles. The lowest BCUT2D eigenvalue weighted by Crippen LogP contribution is -2.45. The minimum Gasteiger partial charge on any atom is -0.450 e. The molecule has 2 aromatic rings. The number of benzene rings is 1. The SMILES string of the molecule is Cc1ccc(C)c2c(C)c(C(=O)NCC(C)(C)N)oc12.Cl. The van der Waals surface area contributed by atoms with Crippen molar-refractivity contribution in [3.8, 4) is 0 Å². The molecule has 0 fully saturated rings. The van der Waals surface area contributed by atoms with Crippen LogP contribution in [0, 0.1) is 20.8 Å². The molecule has 0 radical (unpaired) electrons. The third-order valence-electron chi connectivity index (χ3n) is 3.39. The molecule has 0 unspecified atom stereocenters. The fraction of sp³-hybridized carbons (Fsp3) is 0.438. The Morgan fingerprint density at radius 1 is 1.24 bits per heavy atom. The molecule has 1 aromatic heterocycles. The minimum absolute atomic E-state index is 0. The molecule has 0 spiro atoms. The van der Waals surface area contributed by atoms with Gasteiger partial charge in [-0.25, -0.2) is 0 Å². The van der Waals surface area contributed by atoms with Crippen molar-refractivity contribution in [1.82, 2.24) is 5.32 Å². The lowest BCUT2D eigenvalue weighted by atomic mass is 10.0. The van der Waals surface area contributed by atoms with Gasteiger partial charge in [-0.2, -0.15) is 0 Å². The van der Waals surface area contributed by atoms with Crippen molar-refractivity contribution >= 4 is 29.3 Å². The summed E-state index contributed by atoms with van der Waals surface area (Å²) in [6.07, 6.45) is 0. The van der Waals surface area contributed by atoms with E-state index in [0.29, 0.717) is 12.3 Å². The van der Waals surface area contributed by atoms with Crippen LogP contribution in [0.15, 0.2) is 16.5 Å². The zero-order chi connectivity index (χ0) is 15.1. The smallest absolute Gasteiger partial charge is 0.287 e. The zero-order valence-electron chi connectivity index (χ0n) is 13.2. The molecule has 3 N–H and O–H groups in total. The van der Waals surface area contributed by atoms with Crippen LogP contribution in [0.4, 0.5) is 0 Å². The highest BCUT2D eigenvalue weighted by Crippen LogP contribution is 2.30. The highest BCUT2D eigenvalue weighted by Gasteiger charge is 2.21. The maximum Gasteiger partial charge on any atom is 0.287 e. The van der Waals surface area contributed by atoms with Gasteiger partial charge >= 0.3 is 0 Å². The first kappa shape index (κ1) is 17.5. The summed E-state index contributed by atoms with van der Waals surface area (Å²) in [4.78, 5) is 12.2. The molecule has 1 amide bonds. The van der Waals surface area contributed by atoms with Gasteiger partial charge in [-0.05, 0) is 45.7 Å². The monoisotopic (exact) mass is 310 g/mol. The van der Waals surface area contributed by atoms with Crippen molar-refractivity contribution in [2.75, 3.05) is 6.54 Å². The van der Waals surface area contributed by atoms with Crippen LogP contribution >= 0.6 is 12.4 Å². The van der Waals surface area contributed by atoms with Crippen molar-refractivity contribution in [2.45, 2.75) is 40.2 Å². The molecule has 1 heterocycles. The normalized spacial score (nSPS) is 11.3. The van der Waals surface area contributed by atoms with Gasteiger partial charge in [-0.3, -0.25) is 4.79 Å². The van der Waals surface area contributed by atoms with Crippen molar-refractivity contribution in [1.29, 1.82) is 0 Å². The van der Waals surface area contributed by atoms with Crippen LogP contribution in [0.2, 0.25) is 0 Å². The van der Waals surface area contributed by atoms with Gasteiger partial charge in [-0.1, -0.05) is 12.1 Å². The highest BCUT2D eigenvalue weighted by atomic mass is 35.5. The van der Waals surface area contributed by atoms with Gasteiger partial charge in [0, 0.05) is 23.0 Å². The minimum atomic E-state index is -0.443. The first-order valence-corrected chi connectivity index (χ1v) is 6.77. The first-order valence-electron chi connectivity index (χ1n) is 6.77. The fourth-order valence-corrected chi connectivity index (χ4v) is 2.28. The molecule has 116 valence electrons. The Bertz CT molecular complexity index is 669. The van der Waals surface area contributed by atoms with Crippen molar-refractivity contribution < 1.29 is 9.21 Å². The number of hydrogen-bond acceptors (Lipinski definition) is 3. The van der Waals surface area contributed by atoms with Crippen LogP contribution in [0.3, 0.4) is 0 Å². The summed E-state index contributed by atoms with van der Waals surface area (Å²) < 4.78 is 5.78. The van der Waals surface area contributed by atoms with Crippen molar-refractivity contribution in [3.63, 3.8) is 0 Å². The molecular weight excluding hydrogens is 288 g/mol. The molecule has 2 rings (SSSR count). The van der Waals surface area contributed by atoms with Gasteiger partial charge in [0.15, 0.2) is 5.76 Å². The lowest BCUT2D eigenvalue weighted by molar-refractivity contribution is 0.0919. The Morgan fingerprint density at radius 3 is 2.33 bits per heavy atom. The number of fused-ring (bicyclic) bond motifs is 1. The van der Waals surface area contributed by atoms with Crippen LogP contribution in [0.5, 0.6) is 0 Å². The van der Waals surface area contributed by atoms with Crippen LogP contribution in [0.25, 0.3) is 11.0 Å². The Kier molecular flexibility index (Phi) is 5.07. The molecule has 0 saturated carbocycles. The largest absolute Gasteiger partial charge is 0.450 e. The number of rotatable bonds is 3. The summed E-state index contributed by atoms with van der Waals surface area (Å²) in [7, 11) is 0. The molecule has 0 atom stereocenters. The van der Waals surface area contributed by atoms with E-state index in [1.165, 1.54) is 0 Å². The number of carbonyl (C=O) groups is 1. The topological polar surface area (TPSA) is 68.3 Å². The summed E-state index contributed by atoms with van der Waals surface area (Å²) in [5, 5.41) is 3.85. The van der Waals surface area contributed by atoms with E-state index in [0.717, 1.165) is 27.7 Å². The Hall–Kier alpha value is -1.52. The van der Waals surface area contributed by atoms with E-state index in [2.05, 4.69) is 5.32 Å². The van der Waals surface area contributed by atoms with Gasteiger partial charge in [0.25, 0.3) is 5.91 Å². The zero-order valence-corrected chi connectivity index (χ0v) is 14.0. The molecule has 1 aromatic carbocycles. The third-order valence-corrected chi connectivity index (χ3v) is 3.39. The molecule has 0 aliphatic heterocycles. The predicted molar refractivity (Wildman–Crippen MR) is 88.3 cm³/mol. The summed E-state index contributed by atoms with van der Waals surface area (Å²) in [6.45, 7) is 10.1. The second kappa shape index (κ2) is 6.08. The van der Waals surface area contributed by atoms with Gasteiger partial charge in [-0.15, -0.1) is 12.4 Å². The number of carbonyl (C=O) groups excluding carboxylic acids is 1.